The molecule has 7 heteroatoms. The van der Waals surface area contributed by atoms with Crippen LogP contribution in [0.25, 0.3) is 11.3 Å². The van der Waals surface area contributed by atoms with Gasteiger partial charge in [0.05, 0.1) is 5.69 Å². The molecule has 1 aromatic heterocycles. The van der Waals surface area contributed by atoms with Gasteiger partial charge in [-0.3, -0.25) is 4.79 Å². The summed E-state index contributed by atoms with van der Waals surface area (Å²) in [5.74, 6) is -2.05. The predicted octanol–water partition coefficient (Wildman–Crippen LogP) is 1.92. The Morgan fingerprint density at radius 1 is 1.26 bits per heavy atom. The van der Waals surface area contributed by atoms with Gasteiger partial charge in [-0.05, 0) is 18.2 Å². The molecule has 0 radical (unpaired) electrons. The highest BCUT2D eigenvalue weighted by Gasteiger charge is 2.09. The molecule has 0 bridgehead atoms. The summed E-state index contributed by atoms with van der Waals surface area (Å²) < 4.78 is 26.6. The normalized spacial score (nSPS) is 10.2. The van der Waals surface area contributed by atoms with E-state index in [2.05, 4.69) is 15.3 Å². The zero-order valence-electron chi connectivity index (χ0n) is 9.60. The molecular formula is C12H9F2N3O2. The van der Waals surface area contributed by atoms with Crippen molar-refractivity contribution in [2.24, 2.45) is 0 Å². The molecule has 0 amide bonds. The Balaban J connectivity index is 2.32. The number of hydrogen-bond acceptors (Lipinski definition) is 4. The fraction of sp³-hybridized carbons (Fsp3) is 0.0833. The first-order chi connectivity index (χ1) is 9.06. The minimum atomic E-state index is -1.06. The van der Waals surface area contributed by atoms with Crippen molar-refractivity contribution in [2.75, 3.05) is 11.9 Å². The standard InChI is InChI=1S/C12H9F2N3O2/c13-7-1-2-9(14)8(3-7)10-4-11(17-6-16-10)15-5-12(18)19/h1-4,6H,5H2,(H,18,19)(H,15,16,17). The molecule has 0 saturated carbocycles. The van der Waals surface area contributed by atoms with Crippen LogP contribution in [0.2, 0.25) is 0 Å². The first-order valence-corrected chi connectivity index (χ1v) is 5.29. The summed E-state index contributed by atoms with van der Waals surface area (Å²) in [4.78, 5) is 18.0. The summed E-state index contributed by atoms with van der Waals surface area (Å²) in [5, 5.41) is 11.0. The maximum absolute atomic E-state index is 13.6. The Labute approximate surface area is 106 Å². The van der Waals surface area contributed by atoms with E-state index < -0.39 is 17.6 Å². The number of carbonyl (C=O) groups is 1. The number of hydrogen-bond donors (Lipinski definition) is 2. The summed E-state index contributed by atoms with van der Waals surface area (Å²) in [6.07, 6.45) is 1.14. The second-order valence-electron chi connectivity index (χ2n) is 3.66. The minimum Gasteiger partial charge on any atom is -0.480 e. The lowest BCUT2D eigenvalue weighted by Crippen LogP contribution is -2.13. The maximum Gasteiger partial charge on any atom is 0.322 e. The molecule has 0 aliphatic rings. The van der Waals surface area contributed by atoms with Crippen molar-refractivity contribution in [2.45, 2.75) is 0 Å². The van der Waals surface area contributed by atoms with Crippen molar-refractivity contribution in [3.05, 3.63) is 42.2 Å². The van der Waals surface area contributed by atoms with E-state index in [-0.39, 0.29) is 23.6 Å². The third-order valence-electron chi connectivity index (χ3n) is 2.29. The summed E-state index contributed by atoms with van der Waals surface area (Å²) in [6.45, 7) is -0.331. The summed E-state index contributed by atoms with van der Waals surface area (Å²) >= 11 is 0. The van der Waals surface area contributed by atoms with Gasteiger partial charge < -0.3 is 10.4 Å². The fourth-order valence-corrected chi connectivity index (χ4v) is 1.46. The average molecular weight is 265 g/mol. The minimum absolute atomic E-state index is 0.0132. The van der Waals surface area contributed by atoms with Gasteiger partial charge in [-0.1, -0.05) is 0 Å². The SMILES string of the molecule is O=C(O)CNc1cc(-c2cc(F)ccc2F)ncn1. The van der Waals surface area contributed by atoms with Crippen molar-refractivity contribution < 1.29 is 18.7 Å². The number of benzene rings is 1. The van der Waals surface area contributed by atoms with Gasteiger partial charge in [-0.2, -0.15) is 0 Å². The maximum atomic E-state index is 13.6. The number of aliphatic carboxylic acids is 1. The number of rotatable bonds is 4. The third-order valence-corrected chi connectivity index (χ3v) is 2.29. The van der Waals surface area contributed by atoms with Gasteiger partial charge in [0.1, 0.15) is 30.3 Å². The number of halogens is 2. The number of aromatic nitrogens is 2. The summed E-state index contributed by atoms with van der Waals surface area (Å²) in [5.41, 5.74) is 0.153. The number of nitrogens with zero attached hydrogens (tertiary/aromatic N) is 2. The average Bonchev–Trinajstić information content (AvgIpc) is 2.39. The molecule has 0 fully saturated rings. The van der Waals surface area contributed by atoms with Crippen LogP contribution in [0.1, 0.15) is 0 Å². The second-order valence-corrected chi connectivity index (χ2v) is 3.66. The van der Waals surface area contributed by atoms with E-state index in [0.29, 0.717) is 0 Å². The molecule has 2 aromatic rings. The van der Waals surface area contributed by atoms with E-state index in [1.165, 1.54) is 6.07 Å². The van der Waals surface area contributed by atoms with Gasteiger partial charge in [0, 0.05) is 11.6 Å². The number of carboxylic acids is 1. The van der Waals surface area contributed by atoms with E-state index in [9.17, 15) is 13.6 Å². The molecular weight excluding hydrogens is 256 g/mol. The van der Waals surface area contributed by atoms with Crippen LogP contribution >= 0.6 is 0 Å². The highest BCUT2D eigenvalue weighted by atomic mass is 19.1. The Hall–Kier alpha value is -2.57. The fourth-order valence-electron chi connectivity index (χ4n) is 1.46. The van der Waals surface area contributed by atoms with Crippen LogP contribution in [0.3, 0.4) is 0 Å². The quantitative estimate of drug-likeness (QED) is 0.883. The Morgan fingerprint density at radius 3 is 2.79 bits per heavy atom. The van der Waals surface area contributed by atoms with Crippen molar-refractivity contribution in [3.8, 4) is 11.3 Å². The zero-order valence-corrected chi connectivity index (χ0v) is 9.60. The third kappa shape index (κ3) is 3.21. The molecule has 19 heavy (non-hydrogen) atoms. The van der Waals surface area contributed by atoms with Crippen LogP contribution in [0.5, 0.6) is 0 Å². The Bertz CT molecular complexity index is 620. The molecule has 1 aromatic carbocycles. The Morgan fingerprint density at radius 2 is 2.05 bits per heavy atom. The van der Waals surface area contributed by atoms with Crippen LogP contribution in [0.15, 0.2) is 30.6 Å². The van der Waals surface area contributed by atoms with Crippen LogP contribution in [-0.2, 0) is 4.79 Å². The van der Waals surface area contributed by atoms with Gasteiger partial charge >= 0.3 is 5.97 Å². The smallest absolute Gasteiger partial charge is 0.322 e. The van der Waals surface area contributed by atoms with E-state index in [1.807, 2.05) is 0 Å². The van der Waals surface area contributed by atoms with Crippen LogP contribution in [0, 0.1) is 11.6 Å². The molecule has 0 aliphatic heterocycles. The molecule has 98 valence electrons. The van der Waals surface area contributed by atoms with E-state index in [0.717, 1.165) is 24.5 Å². The lowest BCUT2D eigenvalue weighted by atomic mass is 10.1. The zero-order chi connectivity index (χ0) is 13.8. The lowest BCUT2D eigenvalue weighted by Gasteiger charge is -2.06. The van der Waals surface area contributed by atoms with Crippen molar-refractivity contribution in [1.29, 1.82) is 0 Å². The van der Waals surface area contributed by atoms with Gasteiger partial charge in [0.2, 0.25) is 0 Å². The molecule has 1 heterocycles. The molecule has 0 unspecified atom stereocenters. The van der Waals surface area contributed by atoms with Gasteiger partial charge in [-0.25, -0.2) is 18.7 Å². The predicted molar refractivity (Wildman–Crippen MR) is 63.5 cm³/mol. The molecule has 0 atom stereocenters. The number of carboxylic acid groups (broad SMARTS) is 1. The summed E-state index contributed by atoms with van der Waals surface area (Å²) in [6, 6.07) is 4.36. The highest BCUT2D eigenvalue weighted by molar-refractivity contribution is 5.72. The molecule has 0 aliphatic carbocycles. The van der Waals surface area contributed by atoms with E-state index in [4.69, 9.17) is 5.11 Å². The van der Waals surface area contributed by atoms with Gasteiger partial charge in [0.25, 0.3) is 0 Å². The first kappa shape index (κ1) is 12.9. The second kappa shape index (κ2) is 5.38. The largest absolute Gasteiger partial charge is 0.480 e. The molecule has 5 nitrogen and oxygen atoms in total. The molecule has 2 N–H and O–H groups in total. The molecule has 2 rings (SSSR count). The summed E-state index contributed by atoms with van der Waals surface area (Å²) in [7, 11) is 0. The van der Waals surface area contributed by atoms with Crippen LogP contribution in [0.4, 0.5) is 14.6 Å². The lowest BCUT2D eigenvalue weighted by molar-refractivity contribution is -0.134. The van der Waals surface area contributed by atoms with Crippen molar-refractivity contribution in [1.82, 2.24) is 9.97 Å². The number of anilines is 1. The highest BCUT2D eigenvalue weighted by Crippen LogP contribution is 2.22. The van der Waals surface area contributed by atoms with Crippen molar-refractivity contribution in [3.63, 3.8) is 0 Å². The monoisotopic (exact) mass is 265 g/mol. The van der Waals surface area contributed by atoms with E-state index in [1.54, 1.807) is 0 Å². The molecule has 0 saturated heterocycles. The topological polar surface area (TPSA) is 75.1 Å². The van der Waals surface area contributed by atoms with Crippen LogP contribution < -0.4 is 5.32 Å². The van der Waals surface area contributed by atoms with Gasteiger partial charge in [0.15, 0.2) is 0 Å². The Kier molecular flexibility index (Phi) is 3.65. The van der Waals surface area contributed by atoms with Gasteiger partial charge in [-0.15, -0.1) is 0 Å². The van der Waals surface area contributed by atoms with Crippen LogP contribution in [-0.4, -0.2) is 27.6 Å². The van der Waals surface area contributed by atoms with Crippen molar-refractivity contribution >= 4 is 11.8 Å². The first-order valence-electron chi connectivity index (χ1n) is 5.29. The number of nitrogens with one attached hydrogen (secondary N) is 1. The molecule has 0 spiro atoms. The van der Waals surface area contributed by atoms with E-state index >= 15 is 0 Å².